The normalized spacial score (nSPS) is 28.4. The molecule has 0 N–H and O–H groups in total. The molecule has 2 aromatic carbocycles. The van der Waals surface area contributed by atoms with Gasteiger partial charge in [0.1, 0.15) is 11.5 Å². The molecule has 0 aromatic heterocycles. The quantitative estimate of drug-likeness (QED) is 0.679. The molecule has 2 nitrogen and oxygen atoms in total. The van der Waals surface area contributed by atoms with Crippen molar-refractivity contribution in [1.82, 2.24) is 0 Å². The van der Waals surface area contributed by atoms with Crippen LogP contribution in [-0.4, -0.2) is 13.7 Å². The molecule has 0 radical (unpaired) electrons. The van der Waals surface area contributed by atoms with E-state index in [2.05, 4.69) is 43.3 Å². The van der Waals surface area contributed by atoms with E-state index in [1.807, 2.05) is 0 Å². The highest BCUT2D eigenvalue weighted by Gasteiger charge is 2.44. The molecule has 0 amide bonds. The largest absolute Gasteiger partial charge is 0.497 e. The molecule has 27 heavy (non-hydrogen) atoms. The maximum Gasteiger partial charge on any atom is 0.119 e. The summed E-state index contributed by atoms with van der Waals surface area (Å²) in [4.78, 5) is 0. The maximum absolute atomic E-state index is 5.74. The van der Waals surface area contributed by atoms with Crippen molar-refractivity contribution in [3.8, 4) is 11.5 Å². The van der Waals surface area contributed by atoms with E-state index >= 15 is 0 Å². The summed E-state index contributed by atoms with van der Waals surface area (Å²) in [5.74, 6) is 5.27. The summed E-state index contributed by atoms with van der Waals surface area (Å²) in [6.07, 6.45) is 7.79. The smallest absolute Gasteiger partial charge is 0.119 e. The molecule has 0 aliphatic heterocycles. The second-order valence-electron chi connectivity index (χ2n) is 8.55. The van der Waals surface area contributed by atoms with Crippen molar-refractivity contribution in [3.05, 3.63) is 58.7 Å². The van der Waals surface area contributed by atoms with Crippen LogP contribution in [0.25, 0.3) is 0 Å². The molecule has 1 fully saturated rings. The average Bonchev–Trinajstić information content (AvgIpc) is 2.72. The van der Waals surface area contributed by atoms with Crippen LogP contribution in [0.15, 0.2) is 36.4 Å². The van der Waals surface area contributed by atoms with Gasteiger partial charge in [-0.2, -0.15) is 0 Å². The van der Waals surface area contributed by atoms with Crippen molar-refractivity contribution >= 4 is 0 Å². The van der Waals surface area contributed by atoms with Crippen LogP contribution in [0.4, 0.5) is 0 Å². The Labute approximate surface area is 162 Å². The third-order valence-corrected chi connectivity index (χ3v) is 7.44. The van der Waals surface area contributed by atoms with Crippen LogP contribution in [0.1, 0.15) is 66.7 Å². The number of benzene rings is 2. The molecule has 2 heteroatoms. The first kappa shape index (κ1) is 17.2. The zero-order valence-electron chi connectivity index (χ0n) is 16.5. The van der Waals surface area contributed by atoms with Gasteiger partial charge in [0.05, 0.1) is 13.7 Å². The number of hydrogen-bond acceptors (Lipinski definition) is 2. The number of rotatable bonds is 3. The van der Waals surface area contributed by atoms with Gasteiger partial charge in [0, 0.05) is 0 Å². The molecule has 4 atom stereocenters. The lowest BCUT2D eigenvalue weighted by atomic mass is 9.56. The summed E-state index contributed by atoms with van der Waals surface area (Å²) in [7, 11) is 1.77. The third-order valence-electron chi connectivity index (χ3n) is 7.44. The molecule has 3 aliphatic carbocycles. The molecule has 3 aliphatic rings. The SMILES string of the molecule is CCOc1ccc2c(c1)CC[C@@H]1[C@H]3CCc4cc(OC)ccc4[C@@H]3CC[C@@H]21. The minimum atomic E-state index is 0.749. The standard InChI is InChI=1S/C25H30O2/c1-3-27-19-7-11-21-17(15-19)5-9-25-23(21)13-12-22-20-10-6-18(26-2)14-16(20)4-8-24(22)25/h6-7,10-11,14-15,22-25H,3-5,8-9,12-13H2,1-2H3/t22-,23-,24-,25-/m0/s1. The molecule has 1 saturated carbocycles. The first-order valence-corrected chi connectivity index (χ1v) is 10.7. The van der Waals surface area contributed by atoms with Crippen molar-refractivity contribution in [2.45, 2.75) is 57.3 Å². The summed E-state index contributed by atoms with van der Waals surface area (Å²) < 4.78 is 11.2. The number of aryl methyl sites for hydroxylation is 2. The zero-order chi connectivity index (χ0) is 18.4. The second-order valence-corrected chi connectivity index (χ2v) is 8.55. The number of fused-ring (bicyclic) bond motifs is 7. The fraction of sp³-hybridized carbons (Fsp3) is 0.520. The summed E-state index contributed by atoms with van der Waals surface area (Å²) in [5.41, 5.74) is 6.31. The van der Waals surface area contributed by atoms with E-state index < -0.39 is 0 Å². The van der Waals surface area contributed by atoms with Gasteiger partial charge in [-0.05, 0) is 116 Å². The van der Waals surface area contributed by atoms with E-state index in [-0.39, 0.29) is 0 Å². The Bertz CT molecular complexity index is 840. The molecule has 0 heterocycles. The Morgan fingerprint density at radius 3 is 1.89 bits per heavy atom. The third kappa shape index (κ3) is 2.85. The van der Waals surface area contributed by atoms with Crippen molar-refractivity contribution in [1.29, 1.82) is 0 Å². The predicted octanol–water partition coefficient (Wildman–Crippen LogP) is 5.88. The van der Waals surface area contributed by atoms with Crippen LogP contribution in [0, 0.1) is 11.8 Å². The molecular formula is C25H30O2. The Morgan fingerprint density at radius 1 is 0.778 bits per heavy atom. The van der Waals surface area contributed by atoms with Gasteiger partial charge in [-0.25, -0.2) is 0 Å². The van der Waals surface area contributed by atoms with E-state index in [1.165, 1.54) is 44.1 Å². The Balaban J connectivity index is 1.43. The van der Waals surface area contributed by atoms with Crippen LogP contribution in [0.2, 0.25) is 0 Å². The highest BCUT2D eigenvalue weighted by atomic mass is 16.5. The topological polar surface area (TPSA) is 18.5 Å². The molecule has 142 valence electrons. The summed E-state index contributed by atoms with van der Waals surface area (Å²) in [5, 5.41) is 0. The Hall–Kier alpha value is -1.96. The Morgan fingerprint density at radius 2 is 1.33 bits per heavy atom. The highest BCUT2D eigenvalue weighted by molar-refractivity contribution is 5.43. The number of methoxy groups -OCH3 is 1. The molecular weight excluding hydrogens is 332 g/mol. The van der Waals surface area contributed by atoms with Gasteiger partial charge >= 0.3 is 0 Å². The van der Waals surface area contributed by atoms with Crippen molar-refractivity contribution in [2.24, 2.45) is 11.8 Å². The maximum atomic E-state index is 5.74. The van der Waals surface area contributed by atoms with E-state index in [0.717, 1.165) is 41.8 Å². The minimum absolute atomic E-state index is 0.749. The molecule has 0 spiro atoms. The van der Waals surface area contributed by atoms with E-state index in [0.29, 0.717) is 0 Å². The first-order chi connectivity index (χ1) is 13.3. The molecule has 0 unspecified atom stereocenters. The first-order valence-electron chi connectivity index (χ1n) is 10.7. The monoisotopic (exact) mass is 362 g/mol. The average molecular weight is 363 g/mol. The minimum Gasteiger partial charge on any atom is -0.497 e. The fourth-order valence-corrected chi connectivity index (χ4v) is 6.34. The van der Waals surface area contributed by atoms with Gasteiger partial charge in [-0.15, -0.1) is 0 Å². The number of ether oxygens (including phenoxy) is 2. The summed E-state index contributed by atoms with van der Waals surface area (Å²) in [6.45, 7) is 2.81. The van der Waals surface area contributed by atoms with Crippen LogP contribution in [0.3, 0.4) is 0 Å². The van der Waals surface area contributed by atoms with Crippen molar-refractivity contribution < 1.29 is 9.47 Å². The van der Waals surface area contributed by atoms with Gasteiger partial charge in [-0.3, -0.25) is 0 Å². The number of hydrogen-bond donors (Lipinski definition) is 0. The van der Waals surface area contributed by atoms with Crippen molar-refractivity contribution in [2.75, 3.05) is 13.7 Å². The van der Waals surface area contributed by atoms with E-state index in [4.69, 9.17) is 9.47 Å². The molecule has 5 rings (SSSR count). The Kier molecular flexibility index (Phi) is 4.38. The highest BCUT2D eigenvalue weighted by Crippen LogP contribution is 2.56. The van der Waals surface area contributed by atoms with Crippen molar-refractivity contribution in [3.63, 3.8) is 0 Å². The van der Waals surface area contributed by atoms with Crippen LogP contribution < -0.4 is 9.47 Å². The predicted molar refractivity (Wildman–Crippen MR) is 109 cm³/mol. The van der Waals surface area contributed by atoms with Gasteiger partial charge < -0.3 is 9.47 Å². The van der Waals surface area contributed by atoms with Crippen LogP contribution in [0.5, 0.6) is 11.5 Å². The zero-order valence-corrected chi connectivity index (χ0v) is 16.5. The lowest BCUT2D eigenvalue weighted by molar-refractivity contribution is 0.136. The van der Waals surface area contributed by atoms with Gasteiger partial charge in [0.2, 0.25) is 0 Å². The molecule has 0 bridgehead atoms. The lowest BCUT2D eigenvalue weighted by Gasteiger charge is -2.49. The van der Waals surface area contributed by atoms with Gasteiger partial charge in [0.25, 0.3) is 0 Å². The van der Waals surface area contributed by atoms with Crippen LogP contribution in [-0.2, 0) is 12.8 Å². The summed E-state index contributed by atoms with van der Waals surface area (Å²) >= 11 is 0. The fourth-order valence-electron chi connectivity index (χ4n) is 6.34. The van der Waals surface area contributed by atoms with Gasteiger partial charge in [-0.1, -0.05) is 12.1 Å². The molecule has 0 saturated heterocycles. The second kappa shape index (κ2) is 6.89. The van der Waals surface area contributed by atoms with E-state index in [1.54, 1.807) is 23.8 Å². The van der Waals surface area contributed by atoms with Crippen LogP contribution >= 0.6 is 0 Å². The van der Waals surface area contributed by atoms with E-state index in [9.17, 15) is 0 Å². The molecule has 2 aromatic rings. The lowest BCUT2D eigenvalue weighted by Crippen LogP contribution is -2.38. The summed E-state index contributed by atoms with van der Waals surface area (Å²) in [6, 6.07) is 13.7. The van der Waals surface area contributed by atoms with Gasteiger partial charge in [0.15, 0.2) is 0 Å².